The summed E-state index contributed by atoms with van der Waals surface area (Å²) in [6, 6.07) is 20.9. The molecule has 0 fully saturated rings. The minimum absolute atomic E-state index is 0.208. The van der Waals surface area contributed by atoms with Gasteiger partial charge in [0.25, 0.3) is 0 Å². The molecule has 0 aliphatic carbocycles. The third kappa shape index (κ3) is 5.61. The summed E-state index contributed by atoms with van der Waals surface area (Å²) in [7, 11) is 1.41. The van der Waals surface area contributed by atoms with Gasteiger partial charge in [0, 0.05) is 10.1 Å². The SMILES string of the molecule is COC(=O)C/C=C/[C@H](C)[C@@H](Sc1ccccc1)c1ccccc1. The Hall–Kier alpha value is -2.00. The Labute approximate surface area is 142 Å². The maximum absolute atomic E-state index is 11.2. The van der Waals surface area contributed by atoms with Crippen LogP contribution in [-0.2, 0) is 9.53 Å². The molecule has 2 atom stereocenters. The molecule has 0 N–H and O–H groups in total. The molecule has 120 valence electrons. The lowest BCUT2D eigenvalue weighted by Crippen LogP contribution is -2.05. The normalized spacial score (nSPS) is 13.7. The van der Waals surface area contributed by atoms with Crippen LogP contribution < -0.4 is 0 Å². The fraction of sp³-hybridized carbons (Fsp3) is 0.250. The van der Waals surface area contributed by atoms with E-state index in [9.17, 15) is 4.79 Å². The van der Waals surface area contributed by atoms with Crippen LogP contribution in [0.15, 0.2) is 77.7 Å². The first-order chi connectivity index (χ1) is 11.2. The van der Waals surface area contributed by atoms with Gasteiger partial charge in [-0.15, -0.1) is 11.8 Å². The molecule has 0 saturated heterocycles. The van der Waals surface area contributed by atoms with E-state index in [-0.39, 0.29) is 5.97 Å². The largest absolute Gasteiger partial charge is 0.469 e. The highest BCUT2D eigenvalue weighted by Crippen LogP contribution is 2.41. The van der Waals surface area contributed by atoms with Crippen molar-refractivity contribution in [3.8, 4) is 0 Å². The van der Waals surface area contributed by atoms with Gasteiger partial charge in [0.15, 0.2) is 0 Å². The number of carbonyl (C=O) groups is 1. The lowest BCUT2D eigenvalue weighted by molar-refractivity contribution is -0.139. The van der Waals surface area contributed by atoms with Crippen molar-refractivity contribution in [3.63, 3.8) is 0 Å². The molecule has 2 rings (SSSR count). The highest BCUT2D eigenvalue weighted by atomic mass is 32.2. The summed E-state index contributed by atoms with van der Waals surface area (Å²) < 4.78 is 4.68. The molecular formula is C20H22O2S. The third-order valence-electron chi connectivity index (χ3n) is 3.56. The number of methoxy groups -OCH3 is 1. The van der Waals surface area contributed by atoms with E-state index in [0.29, 0.717) is 17.6 Å². The van der Waals surface area contributed by atoms with E-state index < -0.39 is 0 Å². The van der Waals surface area contributed by atoms with Gasteiger partial charge in [-0.1, -0.05) is 67.6 Å². The second-order valence-electron chi connectivity index (χ2n) is 5.33. The molecule has 0 aliphatic heterocycles. The van der Waals surface area contributed by atoms with Crippen molar-refractivity contribution < 1.29 is 9.53 Å². The highest BCUT2D eigenvalue weighted by molar-refractivity contribution is 7.99. The van der Waals surface area contributed by atoms with Crippen LogP contribution in [0.25, 0.3) is 0 Å². The first-order valence-electron chi connectivity index (χ1n) is 7.71. The van der Waals surface area contributed by atoms with E-state index in [1.807, 2.05) is 30.0 Å². The van der Waals surface area contributed by atoms with Crippen molar-refractivity contribution in [1.29, 1.82) is 0 Å². The number of thioether (sulfide) groups is 1. The number of hydrogen-bond donors (Lipinski definition) is 0. The zero-order chi connectivity index (χ0) is 16.5. The van der Waals surface area contributed by atoms with E-state index in [2.05, 4.69) is 66.3 Å². The summed E-state index contributed by atoms with van der Waals surface area (Å²) in [5.41, 5.74) is 1.29. The fourth-order valence-corrected chi connectivity index (χ4v) is 3.54. The summed E-state index contributed by atoms with van der Waals surface area (Å²) in [4.78, 5) is 12.5. The summed E-state index contributed by atoms with van der Waals surface area (Å²) in [5.74, 6) is 0.0904. The monoisotopic (exact) mass is 326 g/mol. The second-order valence-corrected chi connectivity index (χ2v) is 6.54. The van der Waals surface area contributed by atoms with Gasteiger partial charge < -0.3 is 4.74 Å². The van der Waals surface area contributed by atoms with Crippen molar-refractivity contribution in [2.75, 3.05) is 7.11 Å². The summed E-state index contributed by atoms with van der Waals surface area (Å²) in [6.45, 7) is 2.18. The second kappa shape index (κ2) is 9.21. The fourth-order valence-electron chi connectivity index (χ4n) is 2.33. The van der Waals surface area contributed by atoms with E-state index >= 15 is 0 Å². The highest BCUT2D eigenvalue weighted by Gasteiger charge is 2.18. The Morgan fingerprint density at radius 3 is 2.30 bits per heavy atom. The van der Waals surface area contributed by atoms with Crippen molar-refractivity contribution in [2.24, 2.45) is 5.92 Å². The standard InChI is InChI=1S/C20H22O2S/c1-16(10-9-15-19(21)22-2)20(17-11-5-3-6-12-17)23-18-13-7-4-8-14-18/h3-14,16,20H,15H2,1-2H3/b10-9+/t16-,20+/m0/s1. The number of esters is 1. The molecule has 0 amide bonds. The molecule has 0 saturated carbocycles. The van der Waals surface area contributed by atoms with Crippen LogP contribution in [0.2, 0.25) is 0 Å². The van der Waals surface area contributed by atoms with E-state index in [1.54, 1.807) is 0 Å². The molecule has 23 heavy (non-hydrogen) atoms. The molecular weight excluding hydrogens is 304 g/mol. The summed E-state index contributed by atoms with van der Waals surface area (Å²) in [5, 5.41) is 0.299. The van der Waals surface area contributed by atoms with E-state index in [1.165, 1.54) is 17.6 Å². The third-order valence-corrected chi connectivity index (χ3v) is 5.06. The van der Waals surface area contributed by atoms with Crippen molar-refractivity contribution in [2.45, 2.75) is 23.5 Å². The van der Waals surface area contributed by atoms with E-state index in [4.69, 9.17) is 0 Å². The maximum atomic E-state index is 11.2. The lowest BCUT2D eigenvalue weighted by atomic mass is 9.99. The molecule has 2 aromatic rings. The average Bonchev–Trinajstić information content (AvgIpc) is 2.61. The van der Waals surface area contributed by atoms with Crippen LogP contribution >= 0.6 is 11.8 Å². The van der Waals surface area contributed by atoms with Crippen LogP contribution in [0.3, 0.4) is 0 Å². The minimum atomic E-state index is -0.208. The molecule has 0 spiro atoms. The summed E-state index contributed by atoms with van der Waals surface area (Å²) in [6.07, 6.45) is 4.32. The molecule has 0 aliphatic rings. The molecule has 0 unspecified atom stereocenters. The number of hydrogen-bond acceptors (Lipinski definition) is 3. The molecule has 0 heterocycles. The Kier molecular flexibility index (Phi) is 6.95. The molecule has 0 radical (unpaired) electrons. The van der Waals surface area contributed by atoms with Gasteiger partial charge in [-0.05, 0) is 23.6 Å². The number of ether oxygens (including phenoxy) is 1. The van der Waals surface area contributed by atoms with Crippen LogP contribution in [0.5, 0.6) is 0 Å². The Balaban J connectivity index is 2.14. The first kappa shape index (κ1) is 17.4. The molecule has 3 heteroatoms. The first-order valence-corrected chi connectivity index (χ1v) is 8.59. The van der Waals surface area contributed by atoms with Crippen LogP contribution in [0, 0.1) is 5.92 Å². The molecule has 2 nitrogen and oxygen atoms in total. The smallest absolute Gasteiger partial charge is 0.309 e. The minimum Gasteiger partial charge on any atom is -0.469 e. The van der Waals surface area contributed by atoms with Gasteiger partial charge in [-0.3, -0.25) is 4.79 Å². The quantitative estimate of drug-likeness (QED) is 0.393. The Morgan fingerprint density at radius 2 is 1.70 bits per heavy atom. The number of rotatable bonds is 7. The topological polar surface area (TPSA) is 26.3 Å². The number of benzene rings is 2. The van der Waals surface area contributed by atoms with Crippen LogP contribution in [-0.4, -0.2) is 13.1 Å². The van der Waals surface area contributed by atoms with Gasteiger partial charge in [-0.25, -0.2) is 0 Å². The van der Waals surface area contributed by atoms with Crippen LogP contribution in [0.4, 0.5) is 0 Å². The number of carbonyl (C=O) groups excluding carboxylic acids is 1. The van der Waals surface area contributed by atoms with Crippen molar-refractivity contribution in [3.05, 3.63) is 78.4 Å². The maximum Gasteiger partial charge on any atom is 0.309 e. The zero-order valence-electron chi connectivity index (χ0n) is 13.5. The Bertz CT molecular complexity index is 623. The van der Waals surface area contributed by atoms with Crippen molar-refractivity contribution >= 4 is 17.7 Å². The van der Waals surface area contributed by atoms with Gasteiger partial charge in [0.2, 0.25) is 0 Å². The molecule has 0 bridgehead atoms. The van der Waals surface area contributed by atoms with Gasteiger partial charge in [0.05, 0.1) is 13.5 Å². The zero-order valence-corrected chi connectivity index (χ0v) is 14.3. The van der Waals surface area contributed by atoms with Gasteiger partial charge in [-0.2, -0.15) is 0 Å². The summed E-state index contributed by atoms with van der Waals surface area (Å²) >= 11 is 1.85. The predicted molar refractivity (Wildman–Crippen MR) is 96.4 cm³/mol. The van der Waals surface area contributed by atoms with Gasteiger partial charge in [0.1, 0.15) is 0 Å². The van der Waals surface area contributed by atoms with Crippen molar-refractivity contribution in [1.82, 2.24) is 0 Å². The molecule has 0 aromatic heterocycles. The lowest BCUT2D eigenvalue weighted by Gasteiger charge is -2.22. The Morgan fingerprint density at radius 1 is 1.09 bits per heavy atom. The number of allylic oxidation sites excluding steroid dienone is 1. The van der Waals surface area contributed by atoms with E-state index in [0.717, 1.165) is 0 Å². The molecule has 2 aromatic carbocycles. The average molecular weight is 326 g/mol. The predicted octanol–water partition coefficient (Wildman–Crippen LogP) is 5.28. The van der Waals surface area contributed by atoms with Gasteiger partial charge >= 0.3 is 5.97 Å². The van der Waals surface area contributed by atoms with Crippen LogP contribution in [0.1, 0.15) is 24.2 Å².